The maximum Gasteiger partial charge on any atom is 0.338 e. The molecule has 0 saturated carbocycles. The SMILES string of the molecule is CCOC(=O)c1cc(Cl)c(Cl)c(S(N)(=O)=O)c1. The number of hydrogen-bond acceptors (Lipinski definition) is 4. The monoisotopic (exact) mass is 297 g/mol. The lowest BCUT2D eigenvalue weighted by Crippen LogP contribution is -2.14. The highest BCUT2D eigenvalue weighted by Gasteiger charge is 2.20. The molecule has 0 atom stereocenters. The molecule has 1 aromatic carbocycles. The summed E-state index contributed by atoms with van der Waals surface area (Å²) in [5.74, 6) is -0.698. The topological polar surface area (TPSA) is 86.5 Å². The van der Waals surface area contributed by atoms with E-state index in [0.717, 1.165) is 6.07 Å². The molecule has 0 bridgehead atoms. The summed E-state index contributed by atoms with van der Waals surface area (Å²) in [6.07, 6.45) is 0. The molecule has 1 aromatic rings. The van der Waals surface area contributed by atoms with Crippen LogP contribution in [0.4, 0.5) is 0 Å². The molecule has 5 nitrogen and oxygen atoms in total. The summed E-state index contributed by atoms with van der Waals surface area (Å²) in [6, 6.07) is 2.25. The zero-order valence-corrected chi connectivity index (χ0v) is 11.1. The van der Waals surface area contributed by atoms with Crippen LogP contribution in [0.2, 0.25) is 10.0 Å². The van der Waals surface area contributed by atoms with Crippen molar-refractivity contribution >= 4 is 39.2 Å². The van der Waals surface area contributed by atoms with Gasteiger partial charge in [-0.15, -0.1) is 0 Å². The number of ether oxygens (including phenoxy) is 1. The van der Waals surface area contributed by atoms with Gasteiger partial charge in [0.15, 0.2) is 0 Å². The van der Waals surface area contributed by atoms with Crippen LogP contribution in [0.15, 0.2) is 17.0 Å². The van der Waals surface area contributed by atoms with E-state index in [2.05, 4.69) is 0 Å². The number of halogens is 2. The van der Waals surface area contributed by atoms with E-state index in [1.54, 1.807) is 6.92 Å². The van der Waals surface area contributed by atoms with Gasteiger partial charge in [0.1, 0.15) is 4.90 Å². The van der Waals surface area contributed by atoms with Crippen LogP contribution in [0.25, 0.3) is 0 Å². The molecule has 0 aliphatic heterocycles. The summed E-state index contributed by atoms with van der Waals surface area (Å²) >= 11 is 11.4. The second-order valence-electron chi connectivity index (χ2n) is 3.04. The maximum atomic E-state index is 11.4. The van der Waals surface area contributed by atoms with Crippen LogP contribution in [0.5, 0.6) is 0 Å². The molecule has 0 saturated heterocycles. The molecule has 0 aliphatic carbocycles. The first-order chi connectivity index (χ1) is 7.77. The third-order valence-electron chi connectivity index (χ3n) is 1.81. The fraction of sp³-hybridized carbons (Fsp3) is 0.222. The molecule has 17 heavy (non-hydrogen) atoms. The van der Waals surface area contributed by atoms with Crippen molar-refractivity contribution < 1.29 is 17.9 Å². The number of rotatable bonds is 3. The molecule has 0 spiro atoms. The van der Waals surface area contributed by atoms with E-state index in [9.17, 15) is 13.2 Å². The number of hydrogen-bond donors (Lipinski definition) is 1. The van der Waals surface area contributed by atoms with E-state index in [-0.39, 0.29) is 22.2 Å². The number of benzene rings is 1. The van der Waals surface area contributed by atoms with E-state index in [1.165, 1.54) is 6.07 Å². The first-order valence-electron chi connectivity index (χ1n) is 4.46. The van der Waals surface area contributed by atoms with E-state index in [1.807, 2.05) is 0 Å². The first kappa shape index (κ1) is 14.2. The lowest BCUT2D eigenvalue weighted by atomic mass is 10.2. The van der Waals surface area contributed by atoms with Crippen LogP contribution in [-0.2, 0) is 14.8 Å². The highest BCUT2D eigenvalue weighted by Crippen LogP contribution is 2.30. The van der Waals surface area contributed by atoms with Gasteiger partial charge in [-0.05, 0) is 19.1 Å². The van der Waals surface area contributed by atoms with Gasteiger partial charge in [-0.2, -0.15) is 0 Å². The van der Waals surface area contributed by atoms with Gasteiger partial charge in [0.2, 0.25) is 10.0 Å². The van der Waals surface area contributed by atoms with E-state index >= 15 is 0 Å². The largest absolute Gasteiger partial charge is 0.462 e. The van der Waals surface area contributed by atoms with Gasteiger partial charge in [-0.25, -0.2) is 18.4 Å². The fourth-order valence-electron chi connectivity index (χ4n) is 1.10. The Labute approximate surface area is 109 Å². The Morgan fingerprint density at radius 1 is 1.41 bits per heavy atom. The highest BCUT2D eigenvalue weighted by molar-refractivity contribution is 7.89. The normalized spacial score (nSPS) is 11.3. The van der Waals surface area contributed by atoms with Gasteiger partial charge >= 0.3 is 5.97 Å². The molecule has 0 radical (unpaired) electrons. The summed E-state index contributed by atoms with van der Waals surface area (Å²) in [5.41, 5.74) is -0.0229. The smallest absolute Gasteiger partial charge is 0.338 e. The number of primary sulfonamides is 1. The van der Waals surface area contributed by atoms with Crippen molar-refractivity contribution in [1.82, 2.24) is 0 Å². The minimum atomic E-state index is -4.05. The summed E-state index contributed by atoms with van der Waals surface area (Å²) in [4.78, 5) is 11.0. The third kappa shape index (κ3) is 3.32. The zero-order chi connectivity index (χ0) is 13.2. The van der Waals surface area contributed by atoms with E-state index in [0.29, 0.717) is 0 Å². The van der Waals surface area contributed by atoms with Gasteiger partial charge in [0, 0.05) is 0 Å². The number of sulfonamides is 1. The van der Waals surface area contributed by atoms with Crippen molar-refractivity contribution in [2.24, 2.45) is 5.14 Å². The Kier molecular flexibility index (Phi) is 4.37. The van der Waals surface area contributed by atoms with Crippen LogP contribution in [-0.4, -0.2) is 21.0 Å². The number of carbonyl (C=O) groups excluding carboxylic acids is 1. The third-order valence-corrected chi connectivity index (χ3v) is 3.66. The molecule has 8 heteroatoms. The number of carbonyl (C=O) groups is 1. The minimum Gasteiger partial charge on any atom is -0.462 e. The Bertz CT molecular complexity index is 556. The van der Waals surface area contributed by atoms with Crippen LogP contribution >= 0.6 is 23.2 Å². The molecule has 0 aliphatic rings. The van der Waals surface area contributed by atoms with Crippen molar-refractivity contribution in [3.8, 4) is 0 Å². The average molecular weight is 298 g/mol. The van der Waals surface area contributed by atoms with Crippen molar-refractivity contribution in [3.63, 3.8) is 0 Å². The fourth-order valence-corrected chi connectivity index (χ4v) is 2.46. The van der Waals surface area contributed by atoms with Gasteiger partial charge < -0.3 is 4.74 Å². The molecule has 94 valence electrons. The zero-order valence-electron chi connectivity index (χ0n) is 8.74. The second-order valence-corrected chi connectivity index (χ2v) is 5.35. The van der Waals surface area contributed by atoms with Gasteiger partial charge in [0.25, 0.3) is 0 Å². The van der Waals surface area contributed by atoms with Gasteiger partial charge in [-0.1, -0.05) is 23.2 Å². The molecule has 2 N–H and O–H groups in total. The van der Waals surface area contributed by atoms with Crippen molar-refractivity contribution in [2.75, 3.05) is 6.61 Å². The lowest BCUT2D eigenvalue weighted by Gasteiger charge is -2.07. The molecule has 0 heterocycles. The maximum absolute atomic E-state index is 11.4. The average Bonchev–Trinajstić information content (AvgIpc) is 2.20. The Hall–Kier alpha value is -0.820. The van der Waals surface area contributed by atoms with Crippen LogP contribution in [0.3, 0.4) is 0 Å². The first-order valence-corrected chi connectivity index (χ1v) is 6.76. The molecular formula is C9H9Cl2NO4S. The molecule has 1 rings (SSSR count). The molecule has 0 unspecified atom stereocenters. The molecular weight excluding hydrogens is 289 g/mol. The predicted octanol–water partition coefficient (Wildman–Crippen LogP) is 1.82. The van der Waals surface area contributed by atoms with Crippen LogP contribution in [0, 0.1) is 0 Å². The van der Waals surface area contributed by atoms with Crippen molar-refractivity contribution in [1.29, 1.82) is 0 Å². The summed E-state index contributed by atoms with van der Waals surface area (Å²) in [7, 11) is -4.05. The Balaban J connectivity index is 3.39. The minimum absolute atomic E-state index is 0.0229. The van der Waals surface area contributed by atoms with E-state index < -0.39 is 20.9 Å². The standard InChI is InChI=1S/C9H9Cl2NO4S/c1-2-16-9(13)5-3-6(10)8(11)7(4-5)17(12,14)15/h3-4H,2H2,1H3,(H2,12,14,15). The molecule has 0 aromatic heterocycles. The summed E-state index contributed by atoms with van der Waals surface area (Å²) in [5, 5.41) is 4.64. The second kappa shape index (κ2) is 5.22. The van der Waals surface area contributed by atoms with Crippen LogP contribution < -0.4 is 5.14 Å². The Morgan fingerprint density at radius 2 is 2.00 bits per heavy atom. The predicted molar refractivity (Wildman–Crippen MR) is 63.8 cm³/mol. The van der Waals surface area contributed by atoms with Crippen LogP contribution in [0.1, 0.15) is 17.3 Å². The van der Waals surface area contributed by atoms with Gasteiger partial charge in [-0.3, -0.25) is 0 Å². The van der Waals surface area contributed by atoms with Gasteiger partial charge in [0.05, 0.1) is 22.2 Å². The summed E-state index contributed by atoms with van der Waals surface area (Å²) < 4.78 is 27.2. The lowest BCUT2D eigenvalue weighted by molar-refractivity contribution is 0.0526. The quantitative estimate of drug-likeness (QED) is 0.862. The molecule has 0 amide bonds. The number of esters is 1. The highest BCUT2D eigenvalue weighted by atomic mass is 35.5. The number of nitrogens with two attached hydrogens (primary N) is 1. The van der Waals surface area contributed by atoms with Crippen molar-refractivity contribution in [2.45, 2.75) is 11.8 Å². The molecule has 0 fully saturated rings. The van der Waals surface area contributed by atoms with E-state index in [4.69, 9.17) is 33.1 Å². The Morgan fingerprint density at radius 3 is 2.47 bits per heavy atom. The van der Waals surface area contributed by atoms with Crippen molar-refractivity contribution in [3.05, 3.63) is 27.7 Å². The summed E-state index contributed by atoms with van der Waals surface area (Å²) in [6.45, 7) is 1.78.